The first-order valence-electron chi connectivity index (χ1n) is 8.41. The van der Waals surface area contributed by atoms with E-state index >= 15 is 0 Å². The summed E-state index contributed by atoms with van der Waals surface area (Å²) in [6, 6.07) is 7.74. The molecular formula is C17H19N5O2S. The minimum absolute atomic E-state index is 0.0407. The lowest BCUT2D eigenvalue weighted by atomic mass is 9.83. The molecule has 3 aromatic rings. The van der Waals surface area contributed by atoms with E-state index in [0.717, 1.165) is 29.5 Å². The number of carbonyl (C=O) groups is 1. The van der Waals surface area contributed by atoms with Gasteiger partial charge in [0.2, 0.25) is 5.91 Å². The number of rotatable bonds is 4. The maximum absolute atomic E-state index is 12.2. The number of carbonyl (C=O) groups excluding carboxylic acids is 1. The topological polar surface area (TPSA) is 92.9 Å². The summed E-state index contributed by atoms with van der Waals surface area (Å²) in [6.07, 6.45) is 6.18. The van der Waals surface area contributed by atoms with Crippen LogP contribution in [-0.2, 0) is 16.9 Å². The molecule has 1 amide bonds. The maximum Gasteiger partial charge on any atom is 0.247 e. The standard InChI is InChI=1S/C17H19N5O2S/c23-15(19-16-18-12-6-2-3-7-13(12)25-16)11-22-10-14(20-21-22)17(24)8-4-1-5-9-17/h2-3,6-7,10,24H,1,4-5,8-9,11H2,(H,18,19,23). The van der Waals surface area contributed by atoms with E-state index in [1.165, 1.54) is 16.0 Å². The van der Waals surface area contributed by atoms with Crippen molar-refractivity contribution in [1.29, 1.82) is 0 Å². The first-order valence-corrected chi connectivity index (χ1v) is 9.22. The maximum atomic E-state index is 12.2. The SMILES string of the molecule is O=C(Cn1cc(C2(O)CCCCC2)nn1)Nc1nc2ccccc2s1. The number of amides is 1. The quantitative estimate of drug-likeness (QED) is 0.749. The number of nitrogens with one attached hydrogen (secondary N) is 1. The van der Waals surface area contributed by atoms with E-state index in [9.17, 15) is 9.90 Å². The zero-order valence-electron chi connectivity index (χ0n) is 13.7. The third-order valence-corrected chi connectivity index (χ3v) is 5.49. The highest BCUT2D eigenvalue weighted by atomic mass is 32.1. The van der Waals surface area contributed by atoms with Crippen LogP contribution >= 0.6 is 11.3 Å². The third-order valence-electron chi connectivity index (χ3n) is 4.54. The molecule has 0 spiro atoms. The van der Waals surface area contributed by atoms with Crippen LogP contribution in [0.15, 0.2) is 30.5 Å². The van der Waals surface area contributed by atoms with Gasteiger partial charge in [-0.15, -0.1) is 5.10 Å². The molecule has 0 aliphatic heterocycles. The summed E-state index contributed by atoms with van der Waals surface area (Å²) in [7, 11) is 0. The summed E-state index contributed by atoms with van der Waals surface area (Å²) in [5.74, 6) is -0.217. The summed E-state index contributed by atoms with van der Waals surface area (Å²) >= 11 is 1.44. The van der Waals surface area contributed by atoms with Crippen LogP contribution in [0.3, 0.4) is 0 Å². The molecule has 130 valence electrons. The monoisotopic (exact) mass is 357 g/mol. The van der Waals surface area contributed by atoms with E-state index in [1.54, 1.807) is 6.20 Å². The van der Waals surface area contributed by atoms with Crippen LogP contribution in [0.2, 0.25) is 0 Å². The zero-order chi connectivity index (χ0) is 17.3. The second kappa shape index (κ2) is 6.53. The molecule has 0 atom stereocenters. The first-order chi connectivity index (χ1) is 12.1. The Kier molecular flexibility index (Phi) is 4.22. The molecule has 4 rings (SSSR count). The summed E-state index contributed by atoms with van der Waals surface area (Å²) in [4.78, 5) is 16.6. The lowest BCUT2D eigenvalue weighted by molar-refractivity contribution is -0.116. The van der Waals surface area contributed by atoms with E-state index in [1.807, 2.05) is 24.3 Å². The van der Waals surface area contributed by atoms with Gasteiger partial charge in [0.1, 0.15) is 17.8 Å². The summed E-state index contributed by atoms with van der Waals surface area (Å²) in [5, 5.41) is 22.1. The van der Waals surface area contributed by atoms with Crippen LogP contribution in [-0.4, -0.2) is 31.0 Å². The number of fused-ring (bicyclic) bond motifs is 1. The molecule has 0 radical (unpaired) electrons. The van der Waals surface area contributed by atoms with Crippen molar-refractivity contribution >= 4 is 32.6 Å². The van der Waals surface area contributed by atoms with Gasteiger partial charge in [-0.2, -0.15) is 0 Å². The van der Waals surface area contributed by atoms with Gasteiger partial charge in [-0.3, -0.25) is 4.79 Å². The fraction of sp³-hybridized carbons (Fsp3) is 0.412. The van der Waals surface area contributed by atoms with Gasteiger partial charge in [-0.25, -0.2) is 9.67 Å². The highest BCUT2D eigenvalue weighted by Crippen LogP contribution is 2.35. The smallest absolute Gasteiger partial charge is 0.247 e. The number of hydrogen-bond acceptors (Lipinski definition) is 6. The van der Waals surface area contributed by atoms with Crippen molar-refractivity contribution < 1.29 is 9.90 Å². The zero-order valence-corrected chi connectivity index (χ0v) is 14.5. The molecule has 1 saturated carbocycles. The Bertz CT molecular complexity index is 864. The normalized spacial score (nSPS) is 16.8. The molecule has 2 N–H and O–H groups in total. The van der Waals surface area contributed by atoms with Crippen molar-refractivity contribution in [3.8, 4) is 0 Å². The van der Waals surface area contributed by atoms with E-state index in [4.69, 9.17) is 0 Å². The van der Waals surface area contributed by atoms with Gasteiger partial charge >= 0.3 is 0 Å². The molecule has 1 aliphatic rings. The fourth-order valence-corrected chi connectivity index (χ4v) is 4.10. The average molecular weight is 357 g/mol. The predicted octanol–water partition coefficient (Wildman–Crippen LogP) is 2.68. The Hall–Kier alpha value is -2.32. The minimum Gasteiger partial charge on any atom is -0.383 e. The van der Waals surface area contributed by atoms with Crippen LogP contribution in [0.1, 0.15) is 37.8 Å². The van der Waals surface area contributed by atoms with Crippen LogP contribution in [0, 0.1) is 0 Å². The lowest BCUT2D eigenvalue weighted by Gasteiger charge is -2.29. The molecule has 0 bridgehead atoms. The molecule has 0 unspecified atom stereocenters. The van der Waals surface area contributed by atoms with Crippen LogP contribution in [0.4, 0.5) is 5.13 Å². The van der Waals surface area contributed by atoms with E-state index in [0.29, 0.717) is 23.7 Å². The fourth-order valence-electron chi connectivity index (χ4n) is 3.21. The number of thiazole rings is 1. The first kappa shape index (κ1) is 16.2. The van der Waals surface area contributed by atoms with Crippen molar-refractivity contribution in [1.82, 2.24) is 20.0 Å². The molecular weight excluding hydrogens is 338 g/mol. The summed E-state index contributed by atoms with van der Waals surface area (Å²) in [6.45, 7) is 0.0407. The molecule has 0 saturated heterocycles. The Labute approximate surface area is 148 Å². The molecule has 1 aromatic carbocycles. The highest BCUT2D eigenvalue weighted by molar-refractivity contribution is 7.22. The summed E-state index contributed by atoms with van der Waals surface area (Å²) in [5.41, 5.74) is 0.519. The Morgan fingerprint density at radius 2 is 2.08 bits per heavy atom. The van der Waals surface area contributed by atoms with Crippen molar-refractivity contribution in [2.75, 3.05) is 5.32 Å². The van der Waals surface area contributed by atoms with Crippen molar-refractivity contribution in [3.63, 3.8) is 0 Å². The van der Waals surface area contributed by atoms with Gasteiger partial charge < -0.3 is 10.4 Å². The Balaban J connectivity index is 1.42. The number of anilines is 1. The number of nitrogens with zero attached hydrogens (tertiary/aromatic N) is 4. The van der Waals surface area contributed by atoms with E-state index < -0.39 is 5.60 Å². The van der Waals surface area contributed by atoms with Gasteiger partial charge in [0.15, 0.2) is 5.13 Å². The highest BCUT2D eigenvalue weighted by Gasteiger charge is 2.34. The number of aromatic nitrogens is 4. The molecule has 7 nitrogen and oxygen atoms in total. The third kappa shape index (κ3) is 3.40. The molecule has 2 heterocycles. The van der Waals surface area contributed by atoms with Gasteiger partial charge in [0.25, 0.3) is 0 Å². The largest absolute Gasteiger partial charge is 0.383 e. The average Bonchev–Trinajstić information content (AvgIpc) is 3.22. The molecule has 8 heteroatoms. The molecule has 1 aliphatic carbocycles. The van der Waals surface area contributed by atoms with Crippen LogP contribution in [0.5, 0.6) is 0 Å². The molecule has 25 heavy (non-hydrogen) atoms. The number of benzene rings is 1. The minimum atomic E-state index is -0.903. The Morgan fingerprint density at radius 1 is 1.28 bits per heavy atom. The molecule has 2 aromatic heterocycles. The lowest BCUT2D eigenvalue weighted by Crippen LogP contribution is -2.28. The Morgan fingerprint density at radius 3 is 2.88 bits per heavy atom. The number of hydrogen-bond donors (Lipinski definition) is 2. The number of para-hydroxylation sites is 1. The summed E-state index contributed by atoms with van der Waals surface area (Å²) < 4.78 is 2.49. The number of aliphatic hydroxyl groups is 1. The van der Waals surface area contributed by atoms with Gasteiger partial charge in [-0.05, 0) is 25.0 Å². The molecule has 1 fully saturated rings. The van der Waals surface area contributed by atoms with Crippen molar-refractivity contribution in [3.05, 3.63) is 36.2 Å². The van der Waals surface area contributed by atoms with Gasteiger partial charge in [-0.1, -0.05) is 47.9 Å². The van der Waals surface area contributed by atoms with Crippen molar-refractivity contribution in [2.24, 2.45) is 0 Å². The van der Waals surface area contributed by atoms with Crippen LogP contribution in [0.25, 0.3) is 10.2 Å². The van der Waals surface area contributed by atoms with E-state index in [2.05, 4.69) is 20.6 Å². The van der Waals surface area contributed by atoms with E-state index in [-0.39, 0.29) is 12.5 Å². The second-order valence-electron chi connectivity index (χ2n) is 6.43. The van der Waals surface area contributed by atoms with Gasteiger partial charge in [0.05, 0.1) is 16.4 Å². The van der Waals surface area contributed by atoms with Gasteiger partial charge in [0, 0.05) is 0 Å². The van der Waals surface area contributed by atoms with Crippen LogP contribution < -0.4 is 5.32 Å². The second-order valence-corrected chi connectivity index (χ2v) is 7.46. The predicted molar refractivity (Wildman–Crippen MR) is 95.3 cm³/mol. The van der Waals surface area contributed by atoms with Crippen molar-refractivity contribution in [2.45, 2.75) is 44.2 Å².